The molecule has 0 atom stereocenters. The normalized spacial score (nSPS) is 12.7. The average molecular weight is 893 g/mol. The van der Waals surface area contributed by atoms with Gasteiger partial charge < -0.3 is 13.9 Å². The minimum absolute atomic E-state index is 0.554. The van der Waals surface area contributed by atoms with Crippen molar-refractivity contribution in [3.05, 3.63) is 289 Å². The van der Waals surface area contributed by atoms with E-state index in [9.17, 15) is 0 Å². The fourth-order valence-electron chi connectivity index (χ4n) is 11.8. The molecule has 70 heavy (non-hydrogen) atoms. The van der Waals surface area contributed by atoms with Crippen LogP contribution in [0.2, 0.25) is 0 Å². The van der Waals surface area contributed by atoms with Crippen LogP contribution in [0.5, 0.6) is 0 Å². The predicted octanol–water partition coefficient (Wildman–Crippen LogP) is 17.8. The van der Waals surface area contributed by atoms with Crippen LogP contribution in [0, 0.1) is 0 Å². The zero-order valence-corrected chi connectivity index (χ0v) is 38.2. The molecule has 0 radical (unpaired) electrons. The van der Waals surface area contributed by atoms with Gasteiger partial charge in [0, 0.05) is 49.7 Å². The number of rotatable bonds is 8. The van der Waals surface area contributed by atoms with E-state index in [1.54, 1.807) is 0 Å². The first-order valence-corrected chi connectivity index (χ1v) is 24.1. The van der Waals surface area contributed by atoms with Crippen molar-refractivity contribution in [2.75, 3.05) is 4.90 Å². The number of anilines is 3. The monoisotopic (exact) mass is 892 g/mol. The zero-order chi connectivity index (χ0) is 46.2. The number of nitrogens with zero attached hydrogens (tertiary/aromatic N) is 2. The van der Waals surface area contributed by atoms with Crippen molar-refractivity contribution in [2.24, 2.45) is 0 Å². The standard InChI is InChI=1S/C67H44N2O/c1-5-21-45(22-6-1)51-29-14-17-37-61(51)68(48-27-11-4-12-28-48)50-39-41-54-53-31-15-18-38-62(53)69(63(54)44-50)49-40-42-64-59(43-49)58-35-20-34-57(66(58)70-64)56-33-19-32-55-52-30-13-16-36-60(52)67(65(55)56,46-23-7-2-8-24-46)47-25-9-3-10-26-47/h1-44H. The molecule has 0 N–H and O–H groups in total. The molecular formula is C67H44N2O. The number of furan rings is 1. The van der Waals surface area contributed by atoms with E-state index in [1.807, 2.05) is 0 Å². The van der Waals surface area contributed by atoms with Gasteiger partial charge in [0.2, 0.25) is 0 Å². The van der Waals surface area contributed by atoms with Gasteiger partial charge in [-0.05, 0) is 99.1 Å². The SMILES string of the molecule is c1ccc(-c2ccccc2N(c2ccccc2)c2ccc3c4ccccc4n(-c4ccc5oc6c(-c7cccc8c7C(c7ccccc7)(c7ccccc7)c7ccccc7-8)cccc6c5c4)c3c2)cc1. The summed E-state index contributed by atoms with van der Waals surface area (Å²) in [7, 11) is 0. The Morgan fingerprint density at radius 2 is 0.929 bits per heavy atom. The highest BCUT2D eigenvalue weighted by Crippen LogP contribution is 2.59. The maximum atomic E-state index is 7.08. The fourth-order valence-corrected chi connectivity index (χ4v) is 11.8. The van der Waals surface area contributed by atoms with Crippen molar-refractivity contribution in [3.63, 3.8) is 0 Å². The lowest BCUT2D eigenvalue weighted by Crippen LogP contribution is -2.29. The number of para-hydroxylation sites is 4. The van der Waals surface area contributed by atoms with E-state index in [-0.39, 0.29) is 0 Å². The molecule has 1 aliphatic carbocycles. The van der Waals surface area contributed by atoms with Gasteiger partial charge in [-0.25, -0.2) is 0 Å². The van der Waals surface area contributed by atoms with E-state index in [0.717, 1.165) is 66.8 Å². The lowest BCUT2D eigenvalue weighted by Gasteiger charge is -2.35. The van der Waals surface area contributed by atoms with Gasteiger partial charge >= 0.3 is 0 Å². The van der Waals surface area contributed by atoms with E-state index in [4.69, 9.17) is 4.42 Å². The molecule has 1 aliphatic rings. The van der Waals surface area contributed by atoms with Gasteiger partial charge in [-0.15, -0.1) is 0 Å². The second-order valence-corrected chi connectivity index (χ2v) is 18.3. The summed E-state index contributed by atoms with van der Waals surface area (Å²) in [5.41, 5.74) is 19.9. The van der Waals surface area contributed by atoms with Gasteiger partial charge in [0.05, 0.1) is 22.1 Å². The second-order valence-electron chi connectivity index (χ2n) is 18.3. The lowest BCUT2D eigenvalue weighted by molar-refractivity contribution is 0.669. The molecule has 0 saturated carbocycles. The average Bonchev–Trinajstić information content (AvgIpc) is 4.08. The van der Waals surface area contributed by atoms with Crippen LogP contribution in [0.25, 0.3) is 82.8 Å². The van der Waals surface area contributed by atoms with E-state index in [0.29, 0.717) is 0 Å². The molecule has 0 bridgehead atoms. The van der Waals surface area contributed by atoms with Gasteiger partial charge in [-0.1, -0.05) is 212 Å². The molecule has 0 fully saturated rings. The summed E-state index contributed by atoms with van der Waals surface area (Å²) in [5, 5.41) is 4.56. The molecular weight excluding hydrogens is 849 g/mol. The van der Waals surface area contributed by atoms with Crippen molar-refractivity contribution in [2.45, 2.75) is 5.41 Å². The summed E-state index contributed by atoms with van der Waals surface area (Å²) in [5.74, 6) is 0. The van der Waals surface area contributed by atoms with E-state index < -0.39 is 5.41 Å². The van der Waals surface area contributed by atoms with Crippen LogP contribution < -0.4 is 4.90 Å². The van der Waals surface area contributed by atoms with Crippen LogP contribution in [-0.4, -0.2) is 4.57 Å². The Kier molecular flexibility index (Phi) is 9.11. The highest BCUT2D eigenvalue weighted by Gasteiger charge is 2.47. The van der Waals surface area contributed by atoms with Gasteiger partial charge in [0.1, 0.15) is 11.2 Å². The summed E-state index contributed by atoms with van der Waals surface area (Å²) < 4.78 is 9.51. The Labute approximate surface area is 406 Å². The first-order chi connectivity index (χ1) is 34.8. The van der Waals surface area contributed by atoms with Crippen LogP contribution in [0.1, 0.15) is 22.3 Å². The Hall–Kier alpha value is -9.18. The van der Waals surface area contributed by atoms with E-state index in [1.165, 1.54) is 55.3 Å². The largest absolute Gasteiger partial charge is 0.455 e. The molecule has 328 valence electrons. The number of hydrogen-bond acceptors (Lipinski definition) is 2. The molecule has 11 aromatic carbocycles. The van der Waals surface area contributed by atoms with Crippen molar-refractivity contribution in [1.82, 2.24) is 4.57 Å². The topological polar surface area (TPSA) is 21.3 Å². The Bertz CT molecular complexity index is 4070. The highest BCUT2D eigenvalue weighted by atomic mass is 16.3. The number of hydrogen-bond donors (Lipinski definition) is 0. The van der Waals surface area contributed by atoms with Crippen LogP contribution in [0.3, 0.4) is 0 Å². The number of fused-ring (bicyclic) bond motifs is 9. The Morgan fingerprint density at radius 1 is 0.357 bits per heavy atom. The lowest BCUT2D eigenvalue weighted by atomic mass is 9.66. The molecule has 14 rings (SSSR count). The van der Waals surface area contributed by atoms with Crippen molar-refractivity contribution >= 4 is 60.8 Å². The zero-order valence-electron chi connectivity index (χ0n) is 38.2. The van der Waals surface area contributed by atoms with Crippen molar-refractivity contribution < 1.29 is 4.42 Å². The summed E-state index contributed by atoms with van der Waals surface area (Å²) in [4.78, 5) is 2.39. The summed E-state index contributed by atoms with van der Waals surface area (Å²) in [6, 6.07) is 97.0. The van der Waals surface area contributed by atoms with E-state index >= 15 is 0 Å². The van der Waals surface area contributed by atoms with Crippen LogP contribution in [-0.2, 0) is 5.41 Å². The molecule has 2 aromatic heterocycles. The van der Waals surface area contributed by atoms with Gasteiger partial charge in [-0.3, -0.25) is 0 Å². The smallest absolute Gasteiger partial charge is 0.143 e. The summed E-state index contributed by atoms with van der Waals surface area (Å²) in [6.07, 6.45) is 0. The molecule has 3 nitrogen and oxygen atoms in total. The highest BCUT2D eigenvalue weighted by molar-refractivity contribution is 6.13. The van der Waals surface area contributed by atoms with Crippen LogP contribution in [0.4, 0.5) is 17.1 Å². The molecule has 0 unspecified atom stereocenters. The van der Waals surface area contributed by atoms with Gasteiger partial charge in [-0.2, -0.15) is 0 Å². The third kappa shape index (κ3) is 5.95. The first-order valence-electron chi connectivity index (χ1n) is 24.1. The molecule has 0 amide bonds. The van der Waals surface area contributed by atoms with Crippen molar-refractivity contribution in [1.29, 1.82) is 0 Å². The van der Waals surface area contributed by atoms with Gasteiger partial charge in [0.15, 0.2) is 0 Å². The molecule has 0 aliphatic heterocycles. The summed E-state index contributed by atoms with van der Waals surface area (Å²) >= 11 is 0. The number of aromatic nitrogens is 1. The van der Waals surface area contributed by atoms with E-state index in [2.05, 4.69) is 276 Å². The maximum Gasteiger partial charge on any atom is 0.143 e. The molecule has 3 heteroatoms. The van der Waals surface area contributed by atoms with Crippen molar-refractivity contribution in [3.8, 4) is 39.1 Å². The summed E-state index contributed by atoms with van der Waals surface area (Å²) in [6.45, 7) is 0. The molecule has 13 aromatic rings. The maximum absolute atomic E-state index is 7.08. The quantitative estimate of drug-likeness (QED) is 0.152. The third-order valence-corrected chi connectivity index (χ3v) is 14.7. The Balaban J connectivity index is 0.971. The third-order valence-electron chi connectivity index (χ3n) is 14.7. The minimum atomic E-state index is -0.554. The Morgan fingerprint density at radius 3 is 1.70 bits per heavy atom. The fraction of sp³-hybridized carbons (Fsp3) is 0.0149. The first kappa shape index (κ1) is 39.9. The molecule has 2 heterocycles. The second kappa shape index (κ2) is 16.0. The predicted molar refractivity (Wildman–Crippen MR) is 291 cm³/mol. The minimum Gasteiger partial charge on any atom is -0.455 e. The van der Waals surface area contributed by atoms with Gasteiger partial charge in [0.25, 0.3) is 0 Å². The molecule has 0 saturated heterocycles. The number of benzene rings is 11. The van der Waals surface area contributed by atoms with Crippen LogP contribution >= 0.6 is 0 Å². The molecule has 0 spiro atoms. The van der Waals surface area contributed by atoms with Crippen LogP contribution in [0.15, 0.2) is 271 Å².